The fourth-order valence-electron chi connectivity index (χ4n) is 3.52. The molecule has 3 nitrogen and oxygen atoms in total. The number of nitrogens with one attached hydrogen (secondary N) is 1. The topological polar surface area (TPSA) is 49.3 Å². The normalized spacial score (nSPS) is 23.4. The van der Waals surface area contributed by atoms with E-state index in [4.69, 9.17) is 0 Å². The van der Waals surface area contributed by atoms with Crippen LogP contribution in [0.3, 0.4) is 0 Å². The Balaban J connectivity index is 1.67. The van der Waals surface area contributed by atoms with Gasteiger partial charge in [0.25, 0.3) is 0 Å². The lowest BCUT2D eigenvalue weighted by Crippen LogP contribution is -2.35. The third-order valence-corrected chi connectivity index (χ3v) is 4.69. The largest absolute Gasteiger partial charge is 0.396 e. The Bertz CT molecular complexity index is 255. The van der Waals surface area contributed by atoms with Gasteiger partial charge in [-0.05, 0) is 31.1 Å². The average Bonchev–Trinajstić information content (AvgIpc) is 3.06. The highest BCUT2D eigenvalue weighted by Crippen LogP contribution is 2.30. The van der Waals surface area contributed by atoms with Crippen molar-refractivity contribution >= 4 is 5.91 Å². The molecule has 0 aromatic heterocycles. The van der Waals surface area contributed by atoms with Crippen LogP contribution in [0.15, 0.2) is 0 Å². The molecule has 1 unspecified atom stereocenters. The predicted molar refractivity (Wildman–Crippen MR) is 72.1 cm³/mol. The van der Waals surface area contributed by atoms with Crippen LogP contribution in [0.2, 0.25) is 0 Å². The van der Waals surface area contributed by atoms with E-state index >= 15 is 0 Å². The van der Waals surface area contributed by atoms with Gasteiger partial charge in [0.15, 0.2) is 0 Å². The van der Waals surface area contributed by atoms with E-state index in [0.717, 1.165) is 25.2 Å². The van der Waals surface area contributed by atoms with Crippen LogP contribution in [0.25, 0.3) is 0 Å². The Morgan fingerprint density at radius 2 is 1.72 bits per heavy atom. The van der Waals surface area contributed by atoms with Crippen LogP contribution in [0, 0.1) is 17.8 Å². The van der Waals surface area contributed by atoms with Gasteiger partial charge in [0.1, 0.15) is 0 Å². The highest BCUT2D eigenvalue weighted by molar-refractivity contribution is 5.78. The lowest BCUT2D eigenvalue weighted by atomic mass is 9.93. The molecule has 0 aliphatic heterocycles. The van der Waals surface area contributed by atoms with Gasteiger partial charge in [0, 0.05) is 19.1 Å². The lowest BCUT2D eigenvalue weighted by Gasteiger charge is -2.20. The molecule has 2 N–H and O–H groups in total. The Morgan fingerprint density at radius 1 is 1.11 bits per heavy atom. The van der Waals surface area contributed by atoms with Crippen molar-refractivity contribution in [2.75, 3.05) is 13.2 Å². The van der Waals surface area contributed by atoms with Crippen molar-refractivity contribution in [2.24, 2.45) is 17.8 Å². The van der Waals surface area contributed by atoms with Crippen molar-refractivity contribution < 1.29 is 9.90 Å². The van der Waals surface area contributed by atoms with Crippen LogP contribution < -0.4 is 5.32 Å². The van der Waals surface area contributed by atoms with Crippen LogP contribution in [-0.4, -0.2) is 24.2 Å². The molecule has 1 amide bonds. The maximum Gasteiger partial charge on any atom is 0.223 e. The maximum atomic E-state index is 11.9. The minimum absolute atomic E-state index is 0.210. The molecular formula is C15H27NO2. The third kappa shape index (κ3) is 3.98. The summed E-state index contributed by atoms with van der Waals surface area (Å²) >= 11 is 0. The minimum Gasteiger partial charge on any atom is -0.396 e. The van der Waals surface area contributed by atoms with Gasteiger partial charge in [0.2, 0.25) is 5.91 Å². The zero-order valence-corrected chi connectivity index (χ0v) is 11.4. The first-order valence-electron chi connectivity index (χ1n) is 7.68. The monoisotopic (exact) mass is 253 g/mol. The molecule has 2 aliphatic rings. The molecule has 0 aromatic carbocycles. The van der Waals surface area contributed by atoms with Crippen molar-refractivity contribution in [1.29, 1.82) is 0 Å². The summed E-state index contributed by atoms with van der Waals surface area (Å²) in [5, 5.41) is 12.5. The number of rotatable bonds is 6. The maximum absolute atomic E-state index is 11.9. The van der Waals surface area contributed by atoms with Crippen molar-refractivity contribution in [3.05, 3.63) is 0 Å². The highest BCUT2D eigenvalue weighted by atomic mass is 16.3. The Kier molecular flexibility index (Phi) is 5.48. The van der Waals surface area contributed by atoms with Crippen LogP contribution in [0.1, 0.15) is 57.8 Å². The molecular weight excluding hydrogens is 226 g/mol. The van der Waals surface area contributed by atoms with E-state index in [2.05, 4.69) is 5.32 Å². The number of aliphatic hydroxyl groups is 1. The second-order valence-electron chi connectivity index (χ2n) is 6.16. The lowest BCUT2D eigenvalue weighted by molar-refractivity contribution is -0.125. The predicted octanol–water partition coefficient (Wildman–Crippen LogP) is 2.48. The third-order valence-electron chi connectivity index (χ3n) is 4.69. The number of hydrogen-bond acceptors (Lipinski definition) is 2. The molecule has 2 fully saturated rings. The zero-order chi connectivity index (χ0) is 12.8. The summed E-state index contributed by atoms with van der Waals surface area (Å²) in [6, 6.07) is 0. The summed E-state index contributed by atoms with van der Waals surface area (Å²) in [5.74, 6) is 1.51. The van der Waals surface area contributed by atoms with Crippen LogP contribution in [0.4, 0.5) is 0 Å². The molecule has 0 heterocycles. The number of amides is 1. The number of hydrogen-bond donors (Lipinski definition) is 2. The Labute approximate surface area is 110 Å². The van der Waals surface area contributed by atoms with Gasteiger partial charge in [0.05, 0.1) is 0 Å². The first-order valence-corrected chi connectivity index (χ1v) is 7.68. The van der Waals surface area contributed by atoms with E-state index in [1.807, 2.05) is 0 Å². The smallest absolute Gasteiger partial charge is 0.223 e. The van der Waals surface area contributed by atoms with Crippen molar-refractivity contribution in [1.82, 2.24) is 5.32 Å². The summed E-state index contributed by atoms with van der Waals surface area (Å²) in [6.45, 7) is 0.879. The van der Waals surface area contributed by atoms with Gasteiger partial charge < -0.3 is 10.4 Å². The molecule has 2 saturated carbocycles. The molecule has 3 heteroatoms. The van der Waals surface area contributed by atoms with E-state index in [-0.39, 0.29) is 24.3 Å². The van der Waals surface area contributed by atoms with Gasteiger partial charge in [-0.2, -0.15) is 0 Å². The average molecular weight is 253 g/mol. The number of carbonyl (C=O) groups excluding carboxylic acids is 1. The number of carbonyl (C=O) groups is 1. The van der Waals surface area contributed by atoms with E-state index < -0.39 is 0 Å². The van der Waals surface area contributed by atoms with Gasteiger partial charge in [-0.1, -0.05) is 38.5 Å². The van der Waals surface area contributed by atoms with Crippen molar-refractivity contribution in [3.63, 3.8) is 0 Å². The quantitative estimate of drug-likeness (QED) is 0.764. The van der Waals surface area contributed by atoms with Crippen LogP contribution in [-0.2, 0) is 4.79 Å². The molecule has 0 radical (unpaired) electrons. The summed E-state index contributed by atoms with van der Waals surface area (Å²) in [7, 11) is 0. The van der Waals surface area contributed by atoms with Gasteiger partial charge in [-0.3, -0.25) is 4.79 Å². The molecule has 0 aromatic rings. The number of aliphatic hydroxyl groups excluding tert-OH is 1. The van der Waals surface area contributed by atoms with E-state index in [0.29, 0.717) is 6.54 Å². The summed E-state index contributed by atoms with van der Waals surface area (Å²) < 4.78 is 0. The fraction of sp³-hybridized carbons (Fsp3) is 0.933. The summed E-state index contributed by atoms with van der Waals surface area (Å²) in [4.78, 5) is 11.9. The first kappa shape index (κ1) is 13.9. The summed E-state index contributed by atoms with van der Waals surface area (Å²) in [5.41, 5.74) is 0. The van der Waals surface area contributed by atoms with E-state index in [1.54, 1.807) is 0 Å². The second kappa shape index (κ2) is 7.13. The molecule has 2 aliphatic carbocycles. The van der Waals surface area contributed by atoms with Crippen LogP contribution >= 0.6 is 0 Å². The highest BCUT2D eigenvalue weighted by Gasteiger charge is 2.24. The zero-order valence-electron chi connectivity index (χ0n) is 11.4. The minimum atomic E-state index is 0.210. The molecule has 104 valence electrons. The molecule has 0 saturated heterocycles. The molecule has 18 heavy (non-hydrogen) atoms. The molecule has 0 spiro atoms. The standard InChI is InChI=1S/C15H27NO2/c17-11-13(9-12-5-1-2-6-12)10-16-15(18)14-7-3-4-8-14/h12-14,17H,1-11H2,(H,16,18). The van der Waals surface area contributed by atoms with E-state index in [1.165, 1.54) is 38.5 Å². The van der Waals surface area contributed by atoms with Gasteiger partial charge >= 0.3 is 0 Å². The Morgan fingerprint density at radius 3 is 2.33 bits per heavy atom. The first-order chi connectivity index (χ1) is 8.79. The Hall–Kier alpha value is -0.570. The second-order valence-corrected chi connectivity index (χ2v) is 6.16. The fourth-order valence-corrected chi connectivity index (χ4v) is 3.52. The van der Waals surface area contributed by atoms with Gasteiger partial charge in [-0.15, -0.1) is 0 Å². The van der Waals surface area contributed by atoms with Crippen LogP contribution in [0.5, 0.6) is 0 Å². The molecule has 0 bridgehead atoms. The summed E-state index contributed by atoms with van der Waals surface area (Å²) in [6.07, 6.45) is 10.9. The molecule has 2 rings (SSSR count). The van der Waals surface area contributed by atoms with Crippen molar-refractivity contribution in [2.45, 2.75) is 57.8 Å². The van der Waals surface area contributed by atoms with E-state index in [9.17, 15) is 9.90 Å². The SMILES string of the molecule is O=C(NCC(CO)CC1CCCC1)C1CCCC1. The van der Waals surface area contributed by atoms with Gasteiger partial charge in [-0.25, -0.2) is 0 Å². The van der Waals surface area contributed by atoms with Crippen molar-refractivity contribution in [3.8, 4) is 0 Å². The molecule has 1 atom stereocenters.